The third-order valence-corrected chi connectivity index (χ3v) is 3.36. The Morgan fingerprint density at radius 1 is 1.38 bits per heavy atom. The summed E-state index contributed by atoms with van der Waals surface area (Å²) in [7, 11) is 0. The lowest BCUT2D eigenvalue weighted by Gasteiger charge is -2.14. The van der Waals surface area contributed by atoms with Gasteiger partial charge >= 0.3 is 6.18 Å². The number of thioether (sulfide) groups is 1. The minimum Gasteiger partial charge on any atom is -0.251 e. The van der Waals surface area contributed by atoms with E-state index >= 15 is 0 Å². The highest BCUT2D eigenvalue weighted by molar-refractivity contribution is 7.98. The maximum Gasteiger partial charge on any atom is 0.433 e. The van der Waals surface area contributed by atoms with E-state index in [1.807, 2.05) is 6.26 Å². The topological polar surface area (TPSA) is 12.9 Å². The van der Waals surface area contributed by atoms with E-state index in [-0.39, 0.29) is 5.25 Å². The average molecular weight is 249 g/mol. The van der Waals surface area contributed by atoms with Crippen LogP contribution in [0.15, 0.2) is 18.3 Å². The van der Waals surface area contributed by atoms with Gasteiger partial charge in [-0.2, -0.15) is 24.9 Å². The summed E-state index contributed by atoms with van der Waals surface area (Å²) in [6.07, 6.45) is 0.899. The molecule has 1 atom stereocenters. The second-order valence-electron chi connectivity index (χ2n) is 3.49. The third kappa shape index (κ3) is 3.40. The van der Waals surface area contributed by atoms with Crippen LogP contribution in [0.25, 0.3) is 0 Å². The lowest BCUT2D eigenvalue weighted by Crippen LogP contribution is -2.08. The van der Waals surface area contributed by atoms with E-state index in [1.54, 1.807) is 11.8 Å². The van der Waals surface area contributed by atoms with Gasteiger partial charge in [0.1, 0.15) is 5.69 Å². The van der Waals surface area contributed by atoms with Crippen LogP contribution in [0.1, 0.15) is 36.3 Å². The van der Waals surface area contributed by atoms with E-state index in [0.717, 1.165) is 24.5 Å². The molecule has 0 fully saturated rings. The quantitative estimate of drug-likeness (QED) is 0.788. The number of hydrogen-bond donors (Lipinski definition) is 0. The van der Waals surface area contributed by atoms with Crippen LogP contribution in [0, 0.1) is 0 Å². The predicted molar refractivity (Wildman–Crippen MR) is 60.4 cm³/mol. The fourth-order valence-electron chi connectivity index (χ4n) is 1.45. The van der Waals surface area contributed by atoms with Crippen LogP contribution in [0.3, 0.4) is 0 Å². The van der Waals surface area contributed by atoms with Gasteiger partial charge in [-0.1, -0.05) is 19.4 Å². The smallest absolute Gasteiger partial charge is 0.251 e. The van der Waals surface area contributed by atoms with Gasteiger partial charge in [-0.05, 0) is 24.3 Å². The lowest BCUT2D eigenvalue weighted by molar-refractivity contribution is -0.141. The van der Waals surface area contributed by atoms with Gasteiger partial charge in [-0.3, -0.25) is 4.98 Å². The first kappa shape index (κ1) is 13.4. The van der Waals surface area contributed by atoms with Crippen molar-refractivity contribution in [3.05, 3.63) is 29.6 Å². The van der Waals surface area contributed by atoms with E-state index in [9.17, 15) is 13.2 Å². The molecule has 1 aromatic heterocycles. The maximum atomic E-state index is 12.3. The van der Waals surface area contributed by atoms with Crippen LogP contribution in [-0.4, -0.2) is 11.2 Å². The SMILES string of the molecule is CCCC(SC)c1ccc(C(F)(F)F)nc1. The molecule has 16 heavy (non-hydrogen) atoms. The molecule has 0 aliphatic heterocycles. The molecule has 0 aliphatic rings. The predicted octanol–water partition coefficient (Wildman–Crippen LogP) is 4.30. The first-order valence-corrected chi connectivity index (χ1v) is 6.33. The normalized spacial score (nSPS) is 13.8. The van der Waals surface area contributed by atoms with Crippen LogP contribution in [-0.2, 0) is 6.18 Å². The molecular weight excluding hydrogens is 235 g/mol. The Labute approximate surface area is 97.5 Å². The summed E-state index contributed by atoms with van der Waals surface area (Å²) in [5, 5.41) is 0.236. The molecule has 1 heterocycles. The molecule has 1 nitrogen and oxygen atoms in total. The van der Waals surface area contributed by atoms with E-state index in [0.29, 0.717) is 0 Å². The Balaban J connectivity index is 2.85. The van der Waals surface area contributed by atoms with Crippen LogP contribution in [0.4, 0.5) is 13.2 Å². The van der Waals surface area contributed by atoms with E-state index in [4.69, 9.17) is 0 Å². The molecule has 0 N–H and O–H groups in total. The third-order valence-electron chi connectivity index (χ3n) is 2.28. The number of nitrogens with zero attached hydrogens (tertiary/aromatic N) is 1. The van der Waals surface area contributed by atoms with Crippen molar-refractivity contribution in [2.45, 2.75) is 31.2 Å². The molecule has 1 aromatic rings. The summed E-state index contributed by atoms with van der Waals surface area (Å²) in [6.45, 7) is 2.06. The zero-order chi connectivity index (χ0) is 12.2. The van der Waals surface area contributed by atoms with Gasteiger partial charge in [-0.15, -0.1) is 0 Å². The summed E-state index contributed by atoms with van der Waals surface area (Å²) in [4.78, 5) is 3.46. The van der Waals surface area contributed by atoms with Crippen molar-refractivity contribution in [2.24, 2.45) is 0 Å². The van der Waals surface area contributed by atoms with Gasteiger partial charge < -0.3 is 0 Å². The summed E-state index contributed by atoms with van der Waals surface area (Å²) in [6, 6.07) is 2.57. The monoisotopic (exact) mass is 249 g/mol. The van der Waals surface area contributed by atoms with E-state index < -0.39 is 11.9 Å². The highest BCUT2D eigenvalue weighted by atomic mass is 32.2. The molecule has 0 amide bonds. The minimum atomic E-state index is -4.35. The number of hydrogen-bond acceptors (Lipinski definition) is 2. The highest BCUT2D eigenvalue weighted by Crippen LogP contribution is 2.33. The second kappa shape index (κ2) is 5.57. The van der Waals surface area contributed by atoms with Gasteiger partial charge in [-0.25, -0.2) is 0 Å². The van der Waals surface area contributed by atoms with Gasteiger partial charge in [0.05, 0.1) is 0 Å². The number of rotatable bonds is 4. The van der Waals surface area contributed by atoms with Gasteiger partial charge in [0.15, 0.2) is 0 Å². The zero-order valence-electron chi connectivity index (χ0n) is 9.21. The zero-order valence-corrected chi connectivity index (χ0v) is 10.0. The standard InChI is InChI=1S/C11H14F3NS/c1-3-4-9(16-2)8-5-6-10(15-7-8)11(12,13)14/h5-7,9H,3-4H2,1-2H3. The van der Waals surface area contributed by atoms with Crippen molar-refractivity contribution in [1.29, 1.82) is 0 Å². The molecule has 0 aliphatic carbocycles. The number of alkyl halides is 3. The van der Waals surface area contributed by atoms with Crippen molar-refractivity contribution in [3.63, 3.8) is 0 Å². The molecule has 0 saturated carbocycles. The van der Waals surface area contributed by atoms with Crippen molar-refractivity contribution >= 4 is 11.8 Å². The highest BCUT2D eigenvalue weighted by Gasteiger charge is 2.32. The molecule has 5 heteroatoms. The molecule has 90 valence electrons. The Hall–Kier alpha value is -0.710. The van der Waals surface area contributed by atoms with Crippen molar-refractivity contribution < 1.29 is 13.2 Å². The number of halogens is 3. The van der Waals surface area contributed by atoms with Crippen molar-refractivity contribution in [3.8, 4) is 0 Å². The molecule has 0 radical (unpaired) electrons. The summed E-state index contributed by atoms with van der Waals surface area (Å²) < 4.78 is 36.8. The maximum absolute atomic E-state index is 12.3. The number of aromatic nitrogens is 1. The van der Waals surface area contributed by atoms with Crippen molar-refractivity contribution in [2.75, 3.05) is 6.26 Å². The van der Waals surface area contributed by atoms with Crippen LogP contribution < -0.4 is 0 Å². The Morgan fingerprint density at radius 2 is 2.06 bits per heavy atom. The van der Waals surface area contributed by atoms with E-state index in [1.165, 1.54) is 12.3 Å². The minimum absolute atomic E-state index is 0.236. The summed E-state index contributed by atoms with van der Waals surface area (Å²) in [5.74, 6) is 0. The number of pyridine rings is 1. The first-order chi connectivity index (χ1) is 7.49. The molecule has 0 bridgehead atoms. The largest absolute Gasteiger partial charge is 0.433 e. The van der Waals surface area contributed by atoms with Crippen molar-refractivity contribution in [1.82, 2.24) is 4.98 Å². The summed E-state index contributed by atoms with van der Waals surface area (Å²) >= 11 is 1.64. The van der Waals surface area contributed by atoms with E-state index in [2.05, 4.69) is 11.9 Å². The Bertz CT molecular complexity index is 321. The van der Waals surface area contributed by atoms with Crippen LogP contribution >= 0.6 is 11.8 Å². The molecule has 1 unspecified atom stereocenters. The fraction of sp³-hybridized carbons (Fsp3) is 0.545. The first-order valence-electron chi connectivity index (χ1n) is 5.05. The molecule has 0 spiro atoms. The Kier molecular flexibility index (Phi) is 4.65. The fourth-order valence-corrected chi connectivity index (χ4v) is 2.33. The Morgan fingerprint density at radius 3 is 2.44 bits per heavy atom. The molecule has 1 rings (SSSR count). The van der Waals surface area contributed by atoms with Gasteiger partial charge in [0.2, 0.25) is 0 Å². The van der Waals surface area contributed by atoms with Gasteiger partial charge in [0, 0.05) is 11.4 Å². The average Bonchev–Trinajstić information content (AvgIpc) is 2.25. The lowest BCUT2D eigenvalue weighted by atomic mass is 10.1. The molecule has 0 saturated heterocycles. The molecule has 0 aromatic carbocycles. The second-order valence-corrected chi connectivity index (χ2v) is 4.53. The van der Waals surface area contributed by atoms with Crippen LogP contribution in [0.2, 0.25) is 0 Å². The van der Waals surface area contributed by atoms with Gasteiger partial charge in [0.25, 0.3) is 0 Å². The van der Waals surface area contributed by atoms with Crippen LogP contribution in [0.5, 0.6) is 0 Å². The summed E-state index contributed by atoms with van der Waals surface area (Å²) in [5.41, 5.74) is 0.0370. The molecular formula is C11H14F3NS.